The van der Waals surface area contributed by atoms with Crippen molar-refractivity contribution in [2.24, 2.45) is 11.7 Å². The second-order valence-corrected chi connectivity index (χ2v) is 7.35. The molecule has 2 aliphatic rings. The highest BCUT2D eigenvalue weighted by Crippen LogP contribution is 2.46. The molecule has 2 aliphatic carbocycles. The third-order valence-electron chi connectivity index (χ3n) is 5.35. The van der Waals surface area contributed by atoms with E-state index in [1.165, 1.54) is 12.1 Å². The maximum absolute atomic E-state index is 13.1. The first-order valence-electron chi connectivity index (χ1n) is 8.45. The Kier molecular flexibility index (Phi) is 4.36. The summed E-state index contributed by atoms with van der Waals surface area (Å²) >= 11 is 0. The van der Waals surface area contributed by atoms with Crippen molar-refractivity contribution in [3.63, 3.8) is 0 Å². The van der Waals surface area contributed by atoms with E-state index in [0.29, 0.717) is 6.42 Å². The SMILES string of the molecule is CC1(N)CCCCC1C(=O)NC1CC1c1ccccc1C(F)(F)F. The number of carbonyl (C=O) groups is 1. The zero-order valence-electron chi connectivity index (χ0n) is 13.7. The highest BCUT2D eigenvalue weighted by atomic mass is 19.4. The van der Waals surface area contributed by atoms with Crippen molar-refractivity contribution in [1.29, 1.82) is 0 Å². The summed E-state index contributed by atoms with van der Waals surface area (Å²) in [6.45, 7) is 1.89. The molecule has 0 saturated heterocycles. The van der Waals surface area contributed by atoms with E-state index in [4.69, 9.17) is 5.73 Å². The van der Waals surface area contributed by atoms with Gasteiger partial charge >= 0.3 is 6.18 Å². The molecule has 0 radical (unpaired) electrons. The van der Waals surface area contributed by atoms with Gasteiger partial charge in [0.25, 0.3) is 0 Å². The van der Waals surface area contributed by atoms with E-state index in [2.05, 4.69) is 5.32 Å². The monoisotopic (exact) mass is 340 g/mol. The molecule has 3 N–H and O–H groups in total. The molecule has 3 rings (SSSR count). The van der Waals surface area contributed by atoms with E-state index < -0.39 is 17.3 Å². The summed E-state index contributed by atoms with van der Waals surface area (Å²) < 4.78 is 39.3. The van der Waals surface area contributed by atoms with Crippen molar-refractivity contribution in [2.45, 2.75) is 62.7 Å². The van der Waals surface area contributed by atoms with E-state index in [-0.39, 0.29) is 29.3 Å². The molecular weight excluding hydrogens is 317 g/mol. The van der Waals surface area contributed by atoms with Crippen molar-refractivity contribution in [2.75, 3.05) is 0 Å². The van der Waals surface area contributed by atoms with Crippen LogP contribution in [0.25, 0.3) is 0 Å². The van der Waals surface area contributed by atoms with Gasteiger partial charge in [0.15, 0.2) is 0 Å². The zero-order chi connectivity index (χ0) is 17.5. The largest absolute Gasteiger partial charge is 0.416 e. The molecule has 1 amide bonds. The van der Waals surface area contributed by atoms with Crippen LogP contribution in [-0.4, -0.2) is 17.5 Å². The predicted octanol–water partition coefficient (Wildman–Crippen LogP) is 3.59. The van der Waals surface area contributed by atoms with Crippen LogP contribution in [0.2, 0.25) is 0 Å². The van der Waals surface area contributed by atoms with Crippen molar-refractivity contribution >= 4 is 5.91 Å². The highest BCUT2D eigenvalue weighted by Gasteiger charge is 2.46. The third kappa shape index (κ3) is 3.43. The number of nitrogens with one attached hydrogen (secondary N) is 1. The van der Waals surface area contributed by atoms with Gasteiger partial charge < -0.3 is 11.1 Å². The van der Waals surface area contributed by atoms with Gasteiger partial charge in [-0.05, 0) is 37.8 Å². The second kappa shape index (κ2) is 6.06. The molecule has 2 fully saturated rings. The first-order valence-corrected chi connectivity index (χ1v) is 8.45. The van der Waals surface area contributed by atoms with Gasteiger partial charge in [-0.25, -0.2) is 0 Å². The van der Waals surface area contributed by atoms with Gasteiger partial charge in [-0.1, -0.05) is 31.0 Å². The fraction of sp³-hybridized carbons (Fsp3) is 0.611. The van der Waals surface area contributed by atoms with Gasteiger partial charge in [0.05, 0.1) is 11.5 Å². The summed E-state index contributed by atoms with van der Waals surface area (Å²) in [6, 6.07) is 5.39. The Bertz CT molecular complexity index is 627. The lowest BCUT2D eigenvalue weighted by atomic mass is 9.74. The summed E-state index contributed by atoms with van der Waals surface area (Å²) in [4.78, 5) is 12.5. The summed E-state index contributed by atoms with van der Waals surface area (Å²) in [5.41, 5.74) is 5.37. The number of benzene rings is 1. The number of amides is 1. The average molecular weight is 340 g/mol. The number of nitrogens with two attached hydrogens (primary N) is 1. The molecule has 4 unspecified atom stereocenters. The van der Waals surface area contributed by atoms with Crippen LogP contribution in [0.1, 0.15) is 56.1 Å². The Morgan fingerprint density at radius 1 is 1.29 bits per heavy atom. The molecule has 1 aromatic carbocycles. The minimum absolute atomic E-state index is 0.114. The molecule has 0 heterocycles. The Hall–Kier alpha value is -1.56. The fourth-order valence-corrected chi connectivity index (χ4v) is 3.85. The van der Waals surface area contributed by atoms with Crippen LogP contribution in [0.4, 0.5) is 13.2 Å². The summed E-state index contributed by atoms with van der Waals surface area (Å²) in [7, 11) is 0. The van der Waals surface area contributed by atoms with Crippen molar-refractivity contribution in [3.8, 4) is 0 Å². The number of rotatable bonds is 3. The Morgan fingerprint density at radius 2 is 2.00 bits per heavy atom. The predicted molar refractivity (Wildman–Crippen MR) is 85.3 cm³/mol. The molecule has 0 bridgehead atoms. The lowest BCUT2D eigenvalue weighted by molar-refractivity contribution is -0.138. The van der Waals surface area contributed by atoms with Crippen molar-refractivity contribution in [1.82, 2.24) is 5.32 Å². The number of alkyl halides is 3. The van der Waals surface area contributed by atoms with Crippen molar-refractivity contribution < 1.29 is 18.0 Å². The maximum Gasteiger partial charge on any atom is 0.416 e. The normalized spacial score (nSPS) is 33.1. The lowest BCUT2D eigenvalue weighted by Gasteiger charge is -2.37. The summed E-state index contributed by atoms with van der Waals surface area (Å²) in [5.74, 6) is -0.638. The molecule has 24 heavy (non-hydrogen) atoms. The highest BCUT2D eigenvalue weighted by molar-refractivity contribution is 5.81. The maximum atomic E-state index is 13.1. The quantitative estimate of drug-likeness (QED) is 0.883. The fourth-order valence-electron chi connectivity index (χ4n) is 3.85. The van der Waals surface area contributed by atoms with Gasteiger partial charge in [-0.15, -0.1) is 0 Å². The molecule has 6 heteroatoms. The molecule has 0 spiro atoms. The topological polar surface area (TPSA) is 55.1 Å². The first kappa shape index (κ1) is 17.3. The van der Waals surface area contributed by atoms with Crippen LogP contribution in [0.5, 0.6) is 0 Å². The molecule has 4 atom stereocenters. The first-order chi connectivity index (χ1) is 11.2. The summed E-state index contributed by atoms with van der Waals surface area (Å²) in [5, 5.41) is 2.92. The van der Waals surface area contributed by atoms with Crippen LogP contribution in [0.15, 0.2) is 24.3 Å². The Balaban J connectivity index is 1.67. The molecular formula is C18H23F3N2O. The van der Waals surface area contributed by atoms with E-state index >= 15 is 0 Å². The molecule has 2 saturated carbocycles. The van der Waals surface area contributed by atoms with Crippen LogP contribution in [0.3, 0.4) is 0 Å². The van der Waals surface area contributed by atoms with E-state index in [9.17, 15) is 18.0 Å². The average Bonchev–Trinajstić information content (AvgIpc) is 3.24. The Morgan fingerprint density at radius 3 is 2.67 bits per heavy atom. The molecule has 0 aromatic heterocycles. The third-order valence-corrected chi connectivity index (χ3v) is 5.35. The minimum atomic E-state index is -4.37. The minimum Gasteiger partial charge on any atom is -0.352 e. The smallest absolute Gasteiger partial charge is 0.352 e. The lowest BCUT2D eigenvalue weighted by Crippen LogP contribution is -2.53. The van der Waals surface area contributed by atoms with Crippen LogP contribution in [-0.2, 0) is 11.0 Å². The Labute approximate surface area is 139 Å². The molecule has 3 nitrogen and oxygen atoms in total. The summed E-state index contributed by atoms with van der Waals surface area (Å²) in [6.07, 6.45) is -0.289. The standard InChI is InChI=1S/C18H23F3N2O/c1-17(22)9-5-4-8-14(17)16(24)23-15-10-12(15)11-6-2-3-7-13(11)18(19,20)21/h2-3,6-7,12,14-15H,4-5,8-10,22H2,1H3,(H,23,24). The molecule has 0 aliphatic heterocycles. The number of halogens is 3. The van der Waals surface area contributed by atoms with Crippen LogP contribution in [0, 0.1) is 5.92 Å². The van der Waals surface area contributed by atoms with Gasteiger partial charge in [-0.3, -0.25) is 4.79 Å². The van der Waals surface area contributed by atoms with E-state index in [1.807, 2.05) is 6.92 Å². The van der Waals surface area contributed by atoms with E-state index in [0.717, 1.165) is 31.7 Å². The van der Waals surface area contributed by atoms with Crippen LogP contribution < -0.4 is 11.1 Å². The second-order valence-electron chi connectivity index (χ2n) is 7.35. The van der Waals surface area contributed by atoms with Crippen LogP contribution >= 0.6 is 0 Å². The van der Waals surface area contributed by atoms with Gasteiger partial charge in [0.2, 0.25) is 5.91 Å². The number of carbonyl (C=O) groups excluding carboxylic acids is 1. The zero-order valence-corrected chi connectivity index (χ0v) is 13.7. The van der Waals surface area contributed by atoms with Crippen molar-refractivity contribution in [3.05, 3.63) is 35.4 Å². The molecule has 1 aromatic rings. The van der Waals surface area contributed by atoms with Gasteiger partial charge in [0, 0.05) is 17.5 Å². The van der Waals surface area contributed by atoms with Gasteiger partial charge in [-0.2, -0.15) is 13.2 Å². The number of hydrogen-bond donors (Lipinski definition) is 2. The van der Waals surface area contributed by atoms with Gasteiger partial charge in [0.1, 0.15) is 0 Å². The number of hydrogen-bond acceptors (Lipinski definition) is 2. The van der Waals surface area contributed by atoms with E-state index in [1.54, 1.807) is 6.07 Å². The molecule has 132 valence electrons.